The van der Waals surface area contributed by atoms with Crippen LogP contribution in [0.1, 0.15) is 17.0 Å². The van der Waals surface area contributed by atoms with Crippen molar-refractivity contribution >= 4 is 0 Å². The van der Waals surface area contributed by atoms with Gasteiger partial charge >= 0.3 is 6.18 Å². The number of alkyl halides is 3. The van der Waals surface area contributed by atoms with Gasteiger partial charge in [0.25, 0.3) is 0 Å². The number of aryl methyl sites for hydroxylation is 1. The molecule has 6 heteroatoms. The van der Waals surface area contributed by atoms with Gasteiger partial charge in [-0.15, -0.1) is 0 Å². The Balaban J connectivity index is 1.95. The standard InChI is InChI=1S/C13H14F3N3/c1-19-6-5-18-12(19)9-17-8-10-3-2-4-11(7-10)13(14,15)16/h2-7,17H,8-9H2,1H3. The van der Waals surface area contributed by atoms with Crippen LogP contribution < -0.4 is 5.32 Å². The molecule has 1 aromatic carbocycles. The first-order valence-corrected chi connectivity index (χ1v) is 5.80. The highest BCUT2D eigenvalue weighted by atomic mass is 19.4. The number of nitrogens with zero attached hydrogens (tertiary/aromatic N) is 2. The van der Waals surface area contributed by atoms with Gasteiger partial charge in [-0.25, -0.2) is 4.98 Å². The van der Waals surface area contributed by atoms with Gasteiger partial charge in [0.2, 0.25) is 0 Å². The van der Waals surface area contributed by atoms with Crippen LogP contribution in [0.3, 0.4) is 0 Å². The van der Waals surface area contributed by atoms with Crippen LogP contribution in [0, 0.1) is 0 Å². The minimum Gasteiger partial charge on any atom is -0.337 e. The van der Waals surface area contributed by atoms with Crippen molar-refractivity contribution in [3.05, 3.63) is 53.6 Å². The molecule has 0 radical (unpaired) electrons. The molecule has 2 aromatic rings. The molecular formula is C13H14F3N3. The van der Waals surface area contributed by atoms with E-state index in [4.69, 9.17) is 0 Å². The number of imidazole rings is 1. The van der Waals surface area contributed by atoms with Crippen molar-refractivity contribution < 1.29 is 13.2 Å². The summed E-state index contributed by atoms with van der Waals surface area (Å²) in [6.45, 7) is 0.885. The molecule has 0 unspecified atom stereocenters. The maximum atomic E-state index is 12.5. The molecule has 0 saturated heterocycles. The van der Waals surface area contributed by atoms with Crippen LogP contribution in [0.25, 0.3) is 0 Å². The van der Waals surface area contributed by atoms with Gasteiger partial charge in [-0.05, 0) is 11.6 Å². The van der Waals surface area contributed by atoms with Crippen LogP contribution in [0.2, 0.25) is 0 Å². The average Bonchev–Trinajstić information content (AvgIpc) is 2.75. The summed E-state index contributed by atoms with van der Waals surface area (Å²) in [5.74, 6) is 0.840. The lowest BCUT2D eigenvalue weighted by Crippen LogP contribution is -2.16. The molecule has 1 heterocycles. The predicted octanol–water partition coefficient (Wildman–Crippen LogP) is 2.73. The third-order valence-electron chi connectivity index (χ3n) is 2.79. The minimum absolute atomic E-state index is 0.372. The molecule has 0 saturated carbocycles. The second-order valence-electron chi connectivity index (χ2n) is 4.26. The molecule has 0 bridgehead atoms. The van der Waals surface area contributed by atoms with E-state index in [1.807, 2.05) is 17.8 Å². The summed E-state index contributed by atoms with van der Waals surface area (Å²) in [6.07, 6.45) is -0.793. The highest BCUT2D eigenvalue weighted by Gasteiger charge is 2.30. The van der Waals surface area contributed by atoms with Gasteiger partial charge in [-0.1, -0.05) is 18.2 Å². The van der Waals surface area contributed by atoms with Crippen LogP contribution in [-0.4, -0.2) is 9.55 Å². The molecule has 0 spiro atoms. The molecular weight excluding hydrogens is 255 g/mol. The fraction of sp³-hybridized carbons (Fsp3) is 0.308. The molecule has 3 nitrogen and oxygen atoms in total. The van der Waals surface area contributed by atoms with E-state index in [2.05, 4.69) is 10.3 Å². The Labute approximate surface area is 109 Å². The second kappa shape index (κ2) is 5.44. The summed E-state index contributed by atoms with van der Waals surface area (Å²) in [5.41, 5.74) is -0.0205. The summed E-state index contributed by atoms with van der Waals surface area (Å²) in [5, 5.41) is 3.07. The highest BCUT2D eigenvalue weighted by Crippen LogP contribution is 2.29. The number of rotatable bonds is 4. The summed E-state index contributed by atoms with van der Waals surface area (Å²) in [7, 11) is 1.87. The maximum Gasteiger partial charge on any atom is 0.416 e. The molecule has 2 rings (SSSR count). The third kappa shape index (κ3) is 3.57. The van der Waals surface area contributed by atoms with Crippen molar-refractivity contribution in [3.63, 3.8) is 0 Å². The predicted molar refractivity (Wildman–Crippen MR) is 65.2 cm³/mol. The van der Waals surface area contributed by atoms with Crippen molar-refractivity contribution in [2.45, 2.75) is 19.3 Å². The Bertz CT molecular complexity index is 546. The van der Waals surface area contributed by atoms with Gasteiger partial charge in [-0.3, -0.25) is 0 Å². The van der Waals surface area contributed by atoms with Crippen LogP contribution in [-0.2, 0) is 26.3 Å². The van der Waals surface area contributed by atoms with E-state index in [-0.39, 0.29) is 0 Å². The minimum atomic E-state index is -4.30. The van der Waals surface area contributed by atoms with E-state index >= 15 is 0 Å². The Morgan fingerprint density at radius 2 is 2.05 bits per heavy atom. The zero-order valence-electron chi connectivity index (χ0n) is 10.4. The normalized spacial score (nSPS) is 11.8. The quantitative estimate of drug-likeness (QED) is 0.925. The average molecular weight is 269 g/mol. The summed E-state index contributed by atoms with van der Waals surface area (Å²) < 4.78 is 39.5. The first-order chi connectivity index (χ1) is 8.97. The molecule has 0 aliphatic carbocycles. The van der Waals surface area contributed by atoms with E-state index in [0.717, 1.165) is 18.0 Å². The van der Waals surface area contributed by atoms with Crippen LogP contribution >= 0.6 is 0 Å². The highest BCUT2D eigenvalue weighted by molar-refractivity contribution is 5.25. The van der Waals surface area contributed by atoms with Crippen molar-refractivity contribution in [2.24, 2.45) is 7.05 Å². The Kier molecular flexibility index (Phi) is 3.90. The monoisotopic (exact) mass is 269 g/mol. The van der Waals surface area contributed by atoms with E-state index in [1.165, 1.54) is 6.07 Å². The lowest BCUT2D eigenvalue weighted by Gasteiger charge is -2.09. The molecule has 0 atom stereocenters. The van der Waals surface area contributed by atoms with E-state index in [0.29, 0.717) is 18.7 Å². The summed E-state index contributed by atoms with van der Waals surface area (Å²) >= 11 is 0. The Morgan fingerprint density at radius 1 is 1.26 bits per heavy atom. The molecule has 1 N–H and O–H groups in total. The third-order valence-corrected chi connectivity index (χ3v) is 2.79. The van der Waals surface area contributed by atoms with Gasteiger partial charge in [-0.2, -0.15) is 13.2 Å². The largest absolute Gasteiger partial charge is 0.416 e. The molecule has 0 aliphatic rings. The van der Waals surface area contributed by atoms with Crippen molar-refractivity contribution in [3.8, 4) is 0 Å². The number of hydrogen-bond donors (Lipinski definition) is 1. The van der Waals surface area contributed by atoms with Gasteiger partial charge in [0.1, 0.15) is 5.82 Å². The van der Waals surface area contributed by atoms with Crippen LogP contribution in [0.5, 0.6) is 0 Å². The number of hydrogen-bond acceptors (Lipinski definition) is 2. The Morgan fingerprint density at radius 3 is 2.68 bits per heavy atom. The number of halogens is 3. The smallest absolute Gasteiger partial charge is 0.337 e. The first kappa shape index (κ1) is 13.6. The lowest BCUT2D eigenvalue weighted by molar-refractivity contribution is -0.137. The molecule has 19 heavy (non-hydrogen) atoms. The fourth-order valence-electron chi connectivity index (χ4n) is 1.74. The van der Waals surface area contributed by atoms with Gasteiger partial charge in [0.05, 0.1) is 12.1 Å². The zero-order valence-corrected chi connectivity index (χ0v) is 10.4. The van der Waals surface area contributed by atoms with Crippen molar-refractivity contribution in [1.82, 2.24) is 14.9 Å². The summed E-state index contributed by atoms with van der Waals surface area (Å²) in [6, 6.07) is 5.31. The fourth-order valence-corrected chi connectivity index (χ4v) is 1.74. The van der Waals surface area contributed by atoms with Crippen molar-refractivity contribution in [1.29, 1.82) is 0 Å². The lowest BCUT2D eigenvalue weighted by atomic mass is 10.1. The molecule has 102 valence electrons. The van der Waals surface area contributed by atoms with Gasteiger partial charge in [0, 0.05) is 26.0 Å². The van der Waals surface area contributed by atoms with Crippen LogP contribution in [0.15, 0.2) is 36.7 Å². The van der Waals surface area contributed by atoms with Crippen molar-refractivity contribution in [2.75, 3.05) is 0 Å². The zero-order chi connectivity index (χ0) is 13.9. The van der Waals surface area contributed by atoms with E-state index < -0.39 is 11.7 Å². The SMILES string of the molecule is Cn1ccnc1CNCc1cccc(C(F)(F)F)c1. The summed E-state index contributed by atoms with van der Waals surface area (Å²) in [4.78, 5) is 4.12. The number of benzene rings is 1. The molecule has 0 amide bonds. The molecule has 1 aromatic heterocycles. The molecule has 0 aliphatic heterocycles. The van der Waals surface area contributed by atoms with Crippen LogP contribution in [0.4, 0.5) is 13.2 Å². The first-order valence-electron chi connectivity index (χ1n) is 5.80. The number of nitrogens with one attached hydrogen (secondary N) is 1. The van der Waals surface area contributed by atoms with Gasteiger partial charge < -0.3 is 9.88 Å². The topological polar surface area (TPSA) is 29.9 Å². The van der Waals surface area contributed by atoms with E-state index in [9.17, 15) is 13.2 Å². The van der Waals surface area contributed by atoms with Gasteiger partial charge in [0.15, 0.2) is 0 Å². The Hall–Kier alpha value is -1.82. The van der Waals surface area contributed by atoms with E-state index in [1.54, 1.807) is 12.3 Å². The molecule has 0 fully saturated rings. The maximum absolute atomic E-state index is 12.5. The second-order valence-corrected chi connectivity index (χ2v) is 4.26. The number of aromatic nitrogens is 2.